The third-order valence-electron chi connectivity index (χ3n) is 7.76. The van der Waals surface area contributed by atoms with Gasteiger partial charge >= 0.3 is 5.97 Å². The summed E-state index contributed by atoms with van der Waals surface area (Å²) in [5, 5.41) is 3.55. The van der Waals surface area contributed by atoms with Gasteiger partial charge < -0.3 is 24.4 Å². The molecule has 5 atom stereocenters. The van der Waals surface area contributed by atoms with Gasteiger partial charge in [0.25, 0.3) is 5.91 Å². The zero-order valence-corrected chi connectivity index (χ0v) is 16.8. The summed E-state index contributed by atoms with van der Waals surface area (Å²) in [6.45, 7) is 4.28. The maximum absolute atomic E-state index is 13.1. The van der Waals surface area contributed by atoms with E-state index in [1.807, 2.05) is 17.0 Å². The molecule has 0 aromatic heterocycles. The first-order valence-corrected chi connectivity index (χ1v) is 10.3. The largest absolute Gasteiger partial charge is 0.497 e. The average Bonchev–Trinajstić information content (AvgIpc) is 3.33. The number of fused-ring (bicyclic) bond motifs is 3. The summed E-state index contributed by atoms with van der Waals surface area (Å²) in [5.41, 5.74) is 2.37. The van der Waals surface area contributed by atoms with Gasteiger partial charge in [-0.3, -0.25) is 9.59 Å². The first-order chi connectivity index (χ1) is 14.0. The SMILES string of the molecule is CCC12CC(OC(C)=O)=C3Nc4cc(OC)ccc4C34CCN(C(=O)C3OC31)C42. The molecule has 1 spiro atoms. The average molecular weight is 396 g/mol. The third-order valence-corrected chi connectivity index (χ3v) is 7.76. The second-order valence-corrected chi connectivity index (χ2v) is 8.82. The quantitative estimate of drug-likeness (QED) is 0.624. The molecule has 3 fully saturated rings. The summed E-state index contributed by atoms with van der Waals surface area (Å²) in [4.78, 5) is 27.1. The van der Waals surface area contributed by atoms with E-state index in [0.29, 0.717) is 18.7 Å². The first-order valence-electron chi connectivity index (χ1n) is 10.3. The number of anilines is 1. The van der Waals surface area contributed by atoms with Crippen molar-refractivity contribution in [1.29, 1.82) is 0 Å². The molecule has 3 saturated heterocycles. The number of allylic oxidation sites excluding steroid dienone is 1. The number of nitrogens with zero attached hydrogens (tertiary/aromatic N) is 1. The number of benzene rings is 1. The number of hydrogen-bond acceptors (Lipinski definition) is 6. The Morgan fingerprint density at radius 3 is 2.97 bits per heavy atom. The minimum absolute atomic E-state index is 0.00676. The Morgan fingerprint density at radius 1 is 1.41 bits per heavy atom. The third kappa shape index (κ3) is 1.87. The van der Waals surface area contributed by atoms with Crippen molar-refractivity contribution in [3.8, 4) is 5.75 Å². The molecule has 6 rings (SSSR count). The molecule has 7 nitrogen and oxygen atoms in total. The molecular formula is C22H24N2O5. The first kappa shape index (κ1) is 17.3. The van der Waals surface area contributed by atoms with E-state index in [1.165, 1.54) is 6.92 Å². The molecule has 0 bridgehead atoms. The van der Waals surface area contributed by atoms with Crippen LogP contribution >= 0.6 is 0 Å². The normalized spacial score (nSPS) is 38.0. The van der Waals surface area contributed by atoms with Crippen LogP contribution in [0.1, 0.15) is 38.7 Å². The van der Waals surface area contributed by atoms with Crippen LogP contribution in [0.25, 0.3) is 0 Å². The predicted molar refractivity (Wildman–Crippen MR) is 103 cm³/mol. The van der Waals surface area contributed by atoms with E-state index < -0.39 is 5.41 Å². The van der Waals surface area contributed by atoms with Crippen LogP contribution in [0.2, 0.25) is 0 Å². The van der Waals surface area contributed by atoms with Crippen LogP contribution in [0.3, 0.4) is 0 Å². The highest BCUT2D eigenvalue weighted by atomic mass is 16.6. The number of methoxy groups -OCH3 is 1. The fourth-order valence-electron chi connectivity index (χ4n) is 6.67. The highest BCUT2D eigenvalue weighted by molar-refractivity contribution is 5.88. The van der Waals surface area contributed by atoms with E-state index in [9.17, 15) is 9.59 Å². The van der Waals surface area contributed by atoms with Crippen LogP contribution < -0.4 is 10.1 Å². The van der Waals surface area contributed by atoms with E-state index in [1.54, 1.807) is 7.11 Å². The van der Waals surface area contributed by atoms with Crippen molar-refractivity contribution in [2.75, 3.05) is 19.0 Å². The van der Waals surface area contributed by atoms with Crippen LogP contribution in [0.5, 0.6) is 5.75 Å². The molecule has 7 heteroatoms. The van der Waals surface area contributed by atoms with Crippen molar-refractivity contribution in [2.45, 2.75) is 56.8 Å². The fraction of sp³-hybridized carbons (Fsp3) is 0.545. The molecule has 152 valence electrons. The zero-order chi connectivity index (χ0) is 20.1. The van der Waals surface area contributed by atoms with Crippen molar-refractivity contribution in [1.82, 2.24) is 4.90 Å². The Balaban J connectivity index is 1.63. The maximum Gasteiger partial charge on any atom is 0.307 e. The number of rotatable bonds is 3. The summed E-state index contributed by atoms with van der Waals surface area (Å²) in [5.74, 6) is 1.25. The van der Waals surface area contributed by atoms with Gasteiger partial charge in [-0.25, -0.2) is 0 Å². The number of ether oxygens (including phenoxy) is 3. The predicted octanol–water partition coefficient (Wildman–Crippen LogP) is 2.32. The monoisotopic (exact) mass is 396 g/mol. The molecule has 5 aliphatic rings. The molecule has 1 amide bonds. The fourth-order valence-corrected chi connectivity index (χ4v) is 6.67. The second-order valence-electron chi connectivity index (χ2n) is 8.82. The van der Waals surface area contributed by atoms with Crippen molar-refractivity contribution < 1.29 is 23.8 Å². The van der Waals surface area contributed by atoms with Crippen LogP contribution in [0.4, 0.5) is 5.69 Å². The molecule has 4 aliphatic heterocycles. The Labute approximate surface area is 169 Å². The lowest BCUT2D eigenvalue weighted by atomic mass is 9.54. The molecular weight excluding hydrogens is 372 g/mol. The molecule has 1 N–H and O–H groups in total. The van der Waals surface area contributed by atoms with Gasteiger partial charge in [0.15, 0.2) is 6.10 Å². The molecule has 4 heterocycles. The summed E-state index contributed by atoms with van der Waals surface area (Å²) < 4.78 is 17.2. The molecule has 5 unspecified atom stereocenters. The van der Waals surface area contributed by atoms with Gasteiger partial charge in [0.2, 0.25) is 0 Å². The lowest BCUT2D eigenvalue weighted by Gasteiger charge is -2.53. The van der Waals surface area contributed by atoms with Crippen molar-refractivity contribution in [3.63, 3.8) is 0 Å². The minimum atomic E-state index is -0.409. The molecule has 1 aliphatic carbocycles. The van der Waals surface area contributed by atoms with Gasteiger partial charge in [-0.05, 0) is 24.5 Å². The smallest absolute Gasteiger partial charge is 0.307 e. The van der Waals surface area contributed by atoms with Gasteiger partial charge in [-0.2, -0.15) is 0 Å². The maximum atomic E-state index is 13.1. The number of nitrogens with one attached hydrogen (secondary N) is 1. The van der Waals surface area contributed by atoms with E-state index in [4.69, 9.17) is 14.2 Å². The number of piperidine rings is 1. The number of amides is 1. The standard InChI is InChI=1S/C22H24N2O5/c1-4-21-10-15(28-11(2)25)17-22(13-6-5-12(27-3)9-14(13)23-17)7-8-24(20(21)22)19(26)16-18(21)29-16/h5-6,9,16,18,20,23H,4,7-8,10H2,1-3H3. The van der Waals surface area contributed by atoms with Gasteiger partial charge in [0.05, 0.1) is 24.3 Å². The molecule has 1 aromatic carbocycles. The molecule has 0 saturated carbocycles. The number of carbonyl (C=O) groups excluding carboxylic acids is 2. The van der Waals surface area contributed by atoms with Crippen molar-refractivity contribution >= 4 is 17.6 Å². The van der Waals surface area contributed by atoms with E-state index in [2.05, 4.69) is 18.3 Å². The second kappa shape index (κ2) is 5.33. The lowest BCUT2D eigenvalue weighted by Crippen LogP contribution is -2.64. The minimum Gasteiger partial charge on any atom is -0.497 e. The van der Waals surface area contributed by atoms with Gasteiger partial charge in [0.1, 0.15) is 17.6 Å². The molecule has 0 radical (unpaired) electrons. The van der Waals surface area contributed by atoms with Crippen LogP contribution in [0.15, 0.2) is 29.7 Å². The van der Waals surface area contributed by atoms with Crippen molar-refractivity contribution in [3.05, 3.63) is 35.2 Å². The summed E-state index contributed by atoms with van der Waals surface area (Å²) >= 11 is 0. The highest BCUT2D eigenvalue weighted by Crippen LogP contribution is 2.68. The Bertz CT molecular complexity index is 1000. The summed E-state index contributed by atoms with van der Waals surface area (Å²) in [6.07, 6.45) is 1.80. The highest BCUT2D eigenvalue weighted by Gasteiger charge is 2.76. The lowest BCUT2D eigenvalue weighted by molar-refractivity contribution is -0.143. The molecule has 29 heavy (non-hydrogen) atoms. The number of esters is 1. The Hall–Kier alpha value is -2.54. The summed E-state index contributed by atoms with van der Waals surface area (Å²) in [7, 11) is 1.65. The Morgan fingerprint density at radius 2 is 2.24 bits per heavy atom. The Kier molecular flexibility index (Phi) is 3.18. The number of hydrogen-bond donors (Lipinski definition) is 1. The van der Waals surface area contributed by atoms with E-state index in [-0.39, 0.29) is 35.5 Å². The van der Waals surface area contributed by atoms with Gasteiger partial charge in [-0.15, -0.1) is 0 Å². The number of epoxide rings is 1. The number of carbonyl (C=O) groups is 2. The van der Waals surface area contributed by atoms with Crippen LogP contribution in [0, 0.1) is 5.41 Å². The van der Waals surface area contributed by atoms with E-state index in [0.717, 1.165) is 35.5 Å². The van der Waals surface area contributed by atoms with Crippen molar-refractivity contribution in [2.24, 2.45) is 5.41 Å². The van der Waals surface area contributed by atoms with Crippen LogP contribution in [-0.2, 0) is 24.5 Å². The topological polar surface area (TPSA) is 80.4 Å². The van der Waals surface area contributed by atoms with Gasteiger partial charge in [0, 0.05) is 37.1 Å². The molecule has 1 aromatic rings. The van der Waals surface area contributed by atoms with Gasteiger partial charge in [-0.1, -0.05) is 13.0 Å². The van der Waals surface area contributed by atoms with E-state index >= 15 is 0 Å². The summed E-state index contributed by atoms with van der Waals surface area (Å²) in [6, 6.07) is 6.04. The van der Waals surface area contributed by atoms with Crippen LogP contribution in [-0.4, -0.2) is 48.7 Å². The zero-order valence-electron chi connectivity index (χ0n) is 16.8.